The SMILES string of the molecule is CC[C@H]1/C(=N/OCCN)CC[C@@]2(C)C1C(=O)C[C@@H]1[C@@H]2CC[C@]2(C)C(=O)CC[C@@H]12. The average Bonchev–Trinajstić information content (AvgIpc) is 2.97. The summed E-state index contributed by atoms with van der Waals surface area (Å²) < 4.78 is 0. The van der Waals surface area contributed by atoms with Crippen molar-refractivity contribution in [1.82, 2.24) is 0 Å². The summed E-state index contributed by atoms with van der Waals surface area (Å²) in [6, 6.07) is 0. The van der Waals surface area contributed by atoms with E-state index in [-0.39, 0.29) is 22.7 Å². The number of hydrogen-bond donors (Lipinski definition) is 1. The molecule has 2 N–H and O–H groups in total. The summed E-state index contributed by atoms with van der Waals surface area (Å²) in [4.78, 5) is 31.5. The number of nitrogens with two attached hydrogens (primary N) is 1. The van der Waals surface area contributed by atoms with Gasteiger partial charge in [0.05, 0.1) is 5.71 Å². The zero-order chi connectivity index (χ0) is 20.1. The van der Waals surface area contributed by atoms with Crippen molar-refractivity contribution in [3.8, 4) is 0 Å². The Morgan fingerprint density at radius 2 is 1.93 bits per heavy atom. The molecule has 0 saturated heterocycles. The zero-order valence-corrected chi connectivity index (χ0v) is 17.7. The first kappa shape index (κ1) is 20.1. The van der Waals surface area contributed by atoms with Crippen LogP contribution in [-0.4, -0.2) is 30.4 Å². The first-order chi connectivity index (χ1) is 13.4. The van der Waals surface area contributed by atoms with E-state index in [1.807, 2.05) is 0 Å². The maximum atomic E-state index is 13.5. The van der Waals surface area contributed by atoms with Crippen LogP contribution < -0.4 is 5.73 Å². The fourth-order valence-electron chi connectivity index (χ4n) is 7.69. The van der Waals surface area contributed by atoms with Crippen LogP contribution in [0.3, 0.4) is 0 Å². The van der Waals surface area contributed by atoms with Crippen LogP contribution in [0.4, 0.5) is 0 Å². The van der Waals surface area contributed by atoms with E-state index in [0.717, 1.165) is 44.2 Å². The van der Waals surface area contributed by atoms with E-state index in [4.69, 9.17) is 10.6 Å². The Morgan fingerprint density at radius 1 is 1.14 bits per heavy atom. The number of ketones is 2. The highest BCUT2D eigenvalue weighted by atomic mass is 16.6. The second-order valence-electron chi connectivity index (χ2n) is 10.2. The van der Waals surface area contributed by atoms with E-state index < -0.39 is 0 Å². The van der Waals surface area contributed by atoms with Crippen molar-refractivity contribution in [3.05, 3.63) is 0 Å². The molecule has 5 nitrogen and oxygen atoms in total. The maximum absolute atomic E-state index is 13.5. The molecule has 0 amide bonds. The highest BCUT2D eigenvalue weighted by molar-refractivity contribution is 5.95. The molecule has 5 heteroatoms. The first-order valence-corrected chi connectivity index (χ1v) is 11.3. The zero-order valence-electron chi connectivity index (χ0n) is 17.7. The molecular weight excluding hydrogens is 352 g/mol. The van der Waals surface area contributed by atoms with Crippen LogP contribution in [0.5, 0.6) is 0 Å². The lowest BCUT2D eigenvalue weighted by molar-refractivity contribution is -0.156. The van der Waals surface area contributed by atoms with Crippen LogP contribution >= 0.6 is 0 Å². The van der Waals surface area contributed by atoms with Gasteiger partial charge in [0.2, 0.25) is 0 Å². The van der Waals surface area contributed by atoms with Crippen molar-refractivity contribution in [1.29, 1.82) is 0 Å². The molecule has 0 radical (unpaired) electrons. The summed E-state index contributed by atoms with van der Waals surface area (Å²) in [5.41, 5.74) is 6.44. The molecule has 4 rings (SSSR count). The van der Waals surface area contributed by atoms with Crippen LogP contribution in [0, 0.1) is 40.4 Å². The van der Waals surface area contributed by atoms with Gasteiger partial charge in [0.15, 0.2) is 0 Å². The average molecular weight is 389 g/mol. The number of nitrogens with zero attached hydrogens (tertiary/aromatic N) is 1. The molecule has 28 heavy (non-hydrogen) atoms. The number of Topliss-reactive ketones (excluding diaryl/α,β-unsaturated/α-hetero) is 2. The molecule has 0 aromatic heterocycles. The van der Waals surface area contributed by atoms with Crippen LogP contribution in [-0.2, 0) is 14.4 Å². The van der Waals surface area contributed by atoms with Crippen LogP contribution in [0.15, 0.2) is 5.16 Å². The molecule has 0 aliphatic heterocycles. The van der Waals surface area contributed by atoms with E-state index in [1.165, 1.54) is 0 Å². The highest BCUT2D eigenvalue weighted by Crippen LogP contribution is 2.65. The van der Waals surface area contributed by atoms with Crippen molar-refractivity contribution < 1.29 is 14.4 Å². The van der Waals surface area contributed by atoms with E-state index in [0.29, 0.717) is 55.3 Å². The highest BCUT2D eigenvalue weighted by Gasteiger charge is 2.63. The monoisotopic (exact) mass is 388 g/mol. The minimum atomic E-state index is -0.174. The predicted molar refractivity (Wildman–Crippen MR) is 109 cm³/mol. The summed E-state index contributed by atoms with van der Waals surface area (Å²) in [6.45, 7) is 7.59. The normalized spacial score (nSPS) is 46.9. The van der Waals surface area contributed by atoms with Gasteiger partial charge >= 0.3 is 0 Å². The van der Waals surface area contributed by atoms with Crippen molar-refractivity contribution in [2.24, 2.45) is 51.3 Å². The van der Waals surface area contributed by atoms with Crippen LogP contribution in [0.2, 0.25) is 0 Å². The van der Waals surface area contributed by atoms with E-state index in [9.17, 15) is 9.59 Å². The molecule has 4 aliphatic carbocycles. The maximum Gasteiger partial charge on any atom is 0.139 e. The van der Waals surface area contributed by atoms with Gasteiger partial charge in [0.25, 0.3) is 0 Å². The van der Waals surface area contributed by atoms with Gasteiger partial charge in [0.1, 0.15) is 18.2 Å². The molecule has 1 unspecified atom stereocenters. The van der Waals surface area contributed by atoms with Gasteiger partial charge < -0.3 is 10.6 Å². The van der Waals surface area contributed by atoms with Gasteiger partial charge in [-0.15, -0.1) is 0 Å². The van der Waals surface area contributed by atoms with Gasteiger partial charge in [0, 0.05) is 36.6 Å². The molecule has 0 aromatic rings. The Hall–Kier alpha value is -1.23. The van der Waals surface area contributed by atoms with E-state index >= 15 is 0 Å². The van der Waals surface area contributed by atoms with Crippen molar-refractivity contribution in [3.63, 3.8) is 0 Å². The number of carbonyl (C=O) groups excluding carboxylic acids is 2. The van der Waals surface area contributed by atoms with Crippen LogP contribution in [0.1, 0.15) is 72.1 Å². The lowest BCUT2D eigenvalue weighted by Crippen LogP contribution is -2.59. The summed E-state index contributed by atoms with van der Waals surface area (Å²) in [5, 5.41) is 4.40. The third kappa shape index (κ3) is 2.79. The number of rotatable bonds is 4. The fraction of sp³-hybridized carbons (Fsp3) is 0.870. The number of carbonyl (C=O) groups is 2. The molecule has 4 fully saturated rings. The molecule has 4 saturated carbocycles. The van der Waals surface area contributed by atoms with E-state index in [1.54, 1.807) is 0 Å². The van der Waals surface area contributed by atoms with Crippen molar-refractivity contribution >= 4 is 17.3 Å². The number of oxime groups is 1. The second-order valence-corrected chi connectivity index (χ2v) is 10.2. The molecule has 0 heterocycles. The Bertz CT molecular complexity index is 689. The Labute approximate surface area is 168 Å². The van der Waals surface area contributed by atoms with E-state index in [2.05, 4.69) is 25.9 Å². The molecule has 156 valence electrons. The Kier molecular flexibility index (Phi) is 5.18. The first-order valence-electron chi connectivity index (χ1n) is 11.3. The molecular formula is C23H36N2O3. The Balaban J connectivity index is 1.64. The van der Waals surface area contributed by atoms with Crippen LogP contribution in [0.25, 0.3) is 0 Å². The summed E-state index contributed by atoms with van der Waals surface area (Å²) in [6.07, 6.45) is 7.30. The minimum Gasteiger partial charge on any atom is -0.394 e. The molecule has 0 bridgehead atoms. The summed E-state index contributed by atoms with van der Waals surface area (Å²) >= 11 is 0. The lowest BCUT2D eigenvalue weighted by Gasteiger charge is -2.60. The molecule has 7 atom stereocenters. The quantitative estimate of drug-likeness (QED) is 0.587. The van der Waals surface area contributed by atoms with Gasteiger partial charge in [-0.05, 0) is 61.7 Å². The standard InChI is InChI=1S/C23H36N2O3/c1-4-14-18(25-28-12-11-24)8-10-23(3)17-7-9-22(2)16(5-6-20(22)27)15(17)13-19(26)21(14)23/h14-17,21H,4-13,24H2,1-3H3/b25-18+/t14-,15-,16-,17-,21?,22-,23+/m0/s1. The smallest absolute Gasteiger partial charge is 0.139 e. The molecule has 0 aromatic carbocycles. The van der Waals surface area contributed by atoms with Gasteiger partial charge in [-0.25, -0.2) is 0 Å². The number of fused-ring (bicyclic) bond motifs is 5. The van der Waals surface area contributed by atoms with Crippen molar-refractivity contribution in [2.75, 3.05) is 13.2 Å². The van der Waals surface area contributed by atoms with Gasteiger partial charge in [-0.1, -0.05) is 25.9 Å². The summed E-state index contributed by atoms with van der Waals surface area (Å²) in [5.74, 6) is 2.44. The minimum absolute atomic E-state index is 0.0283. The lowest BCUT2D eigenvalue weighted by atomic mass is 9.43. The third-order valence-electron chi connectivity index (χ3n) is 9.07. The molecule has 0 spiro atoms. The third-order valence-corrected chi connectivity index (χ3v) is 9.07. The fourth-order valence-corrected chi connectivity index (χ4v) is 7.69. The summed E-state index contributed by atoms with van der Waals surface area (Å²) in [7, 11) is 0. The van der Waals surface area contributed by atoms with Crippen molar-refractivity contribution in [2.45, 2.75) is 72.1 Å². The van der Waals surface area contributed by atoms with Gasteiger partial charge in [-0.2, -0.15) is 0 Å². The topological polar surface area (TPSA) is 81.8 Å². The Morgan fingerprint density at radius 3 is 2.64 bits per heavy atom. The molecule has 4 aliphatic rings. The number of hydrogen-bond acceptors (Lipinski definition) is 5. The second kappa shape index (κ2) is 7.23. The van der Waals surface area contributed by atoms with Gasteiger partial charge in [-0.3, -0.25) is 9.59 Å². The largest absolute Gasteiger partial charge is 0.394 e. The predicted octanol–water partition coefficient (Wildman–Crippen LogP) is 3.74.